The number of methoxy groups -OCH3 is 1. The van der Waals surface area contributed by atoms with Crippen LogP contribution in [0.1, 0.15) is 26.7 Å². The van der Waals surface area contributed by atoms with E-state index in [1.165, 1.54) is 17.9 Å². The number of hydrogen-bond donors (Lipinski definition) is 1. The lowest BCUT2D eigenvalue weighted by Gasteiger charge is -2.09. The smallest absolute Gasteiger partial charge is 0.358 e. The van der Waals surface area contributed by atoms with Crippen LogP contribution >= 0.6 is 15.9 Å². The summed E-state index contributed by atoms with van der Waals surface area (Å²) in [6, 6.07) is 5.51. The molecule has 0 saturated heterocycles. The topological polar surface area (TPSA) is 73.2 Å². The number of anilines is 1. The van der Waals surface area contributed by atoms with Crippen LogP contribution in [0, 0.1) is 6.92 Å². The van der Waals surface area contributed by atoms with Crippen molar-refractivity contribution in [3.63, 3.8) is 0 Å². The van der Waals surface area contributed by atoms with E-state index in [9.17, 15) is 9.59 Å². The van der Waals surface area contributed by atoms with Crippen LogP contribution in [-0.2, 0) is 11.8 Å². The second-order valence-electron chi connectivity index (χ2n) is 4.42. The highest BCUT2D eigenvalue weighted by molar-refractivity contribution is 9.10. The van der Waals surface area contributed by atoms with Gasteiger partial charge < -0.3 is 14.6 Å². The van der Waals surface area contributed by atoms with Gasteiger partial charge in [-0.3, -0.25) is 4.79 Å². The van der Waals surface area contributed by atoms with Gasteiger partial charge in [0.1, 0.15) is 0 Å². The summed E-state index contributed by atoms with van der Waals surface area (Å²) in [6.45, 7) is 1.89. The molecule has 0 aliphatic heterocycles. The highest BCUT2D eigenvalue weighted by Gasteiger charge is 2.18. The first-order valence-corrected chi connectivity index (χ1v) is 6.91. The molecule has 110 valence electrons. The molecule has 0 unspecified atom stereocenters. The number of esters is 1. The van der Waals surface area contributed by atoms with Crippen LogP contribution in [0.25, 0.3) is 0 Å². The van der Waals surface area contributed by atoms with Gasteiger partial charge in [-0.05, 0) is 24.6 Å². The van der Waals surface area contributed by atoms with Crippen molar-refractivity contribution in [2.75, 3.05) is 12.4 Å². The summed E-state index contributed by atoms with van der Waals surface area (Å²) in [4.78, 5) is 27.7. The molecule has 0 atom stereocenters. The Balaban J connectivity index is 2.27. The first-order chi connectivity index (χ1) is 9.93. The number of nitrogens with zero attached hydrogens (tertiary/aromatic N) is 2. The molecule has 2 rings (SSSR count). The normalized spacial score (nSPS) is 10.3. The quantitative estimate of drug-likeness (QED) is 0.862. The van der Waals surface area contributed by atoms with Gasteiger partial charge in [-0.2, -0.15) is 0 Å². The third-order valence-corrected chi connectivity index (χ3v) is 3.85. The van der Waals surface area contributed by atoms with Crippen molar-refractivity contribution in [1.29, 1.82) is 0 Å². The van der Waals surface area contributed by atoms with Gasteiger partial charge in [0.15, 0.2) is 11.5 Å². The number of aromatic nitrogens is 2. The Hall–Kier alpha value is -2.15. The fourth-order valence-corrected chi connectivity index (χ4v) is 2.17. The zero-order chi connectivity index (χ0) is 15.6. The summed E-state index contributed by atoms with van der Waals surface area (Å²) in [5.74, 6) is -0.841. The molecule has 6 nitrogen and oxygen atoms in total. The summed E-state index contributed by atoms with van der Waals surface area (Å²) in [5.41, 5.74) is 1.68. The average Bonchev–Trinajstić information content (AvgIpc) is 2.85. The van der Waals surface area contributed by atoms with E-state index < -0.39 is 11.9 Å². The minimum absolute atomic E-state index is 0.0936. The molecular formula is C14H14BrN3O3. The lowest BCUT2D eigenvalue weighted by atomic mass is 10.2. The number of carbonyl (C=O) groups excluding carboxylic acids is 2. The number of benzene rings is 1. The van der Waals surface area contributed by atoms with Crippen LogP contribution in [0.3, 0.4) is 0 Å². The van der Waals surface area contributed by atoms with Crippen molar-refractivity contribution in [2.24, 2.45) is 7.05 Å². The van der Waals surface area contributed by atoms with E-state index >= 15 is 0 Å². The van der Waals surface area contributed by atoms with Gasteiger partial charge in [0.2, 0.25) is 0 Å². The Morgan fingerprint density at radius 2 is 2.10 bits per heavy atom. The maximum Gasteiger partial charge on any atom is 0.358 e. The van der Waals surface area contributed by atoms with Crippen molar-refractivity contribution in [3.8, 4) is 0 Å². The van der Waals surface area contributed by atoms with E-state index in [2.05, 4.69) is 31.0 Å². The zero-order valence-corrected chi connectivity index (χ0v) is 13.4. The van der Waals surface area contributed by atoms with Crippen molar-refractivity contribution < 1.29 is 14.3 Å². The monoisotopic (exact) mass is 351 g/mol. The highest BCUT2D eigenvalue weighted by atomic mass is 79.9. The van der Waals surface area contributed by atoms with Crippen LogP contribution in [-0.4, -0.2) is 28.5 Å². The number of ether oxygens (including phenoxy) is 1. The number of nitrogens with one attached hydrogen (secondary N) is 1. The lowest BCUT2D eigenvalue weighted by molar-refractivity contribution is 0.0594. The molecule has 0 spiro atoms. The van der Waals surface area contributed by atoms with Crippen molar-refractivity contribution in [3.05, 3.63) is 46.0 Å². The molecule has 0 aliphatic carbocycles. The Bertz CT molecular complexity index is 709. The van der Waals surface area contributed by atoms with E-state index in [4.69, 9.17) is 0 Å². The predicted molar refractivity (Wildman–Crippen MR) is 81.4 cm³/mol. The van der Waals surface area contributed by atoms with Crippen molar-refractivity contribution >= 4 is 33.5 Å². The molecule has 0 fully saturated rings. The Morgan fingerprint density at radius 1 is 1.38 bits per heavy atom. The number of hydrogen-bond acceptors (Lipinski definition) is 4. The van der Waals surface area contributed by atoms with Crippen molar-refractivity contribution in [2.45, 2.75) is 6.92 Å². The molecule has 0 radical (unpaired) electrons. The second-order valence-corrected chi connectivity index (χ2v) is 5.27. The summed E-state index contributed by atoms with van der Waals surface area (Å²) in [7, 11) is 2.91. The van der Waals surface area contributed by atoms with E-state index in [0.717, 1.165) is 10.0 Å². The molecule has 0 bridgehead atoms. The molecule has 1 amide bonds. The molecule has 1 aromatic heterocycles. The maximum atomic E-state index is 12.3. The summed E-state index contributed by atoms with van der Waals surface area (Å²) >= 11 is 3.41. The van der Waals surface area contributed by atoms with Gasteiger partial charge in [0.05, 0.1) is 7.11 Å². The number of rotatable bonds is 3. The number of carbonyl (C=O) groups is 2. The largest absolute Gasteiger partial charge is 0.464 e. The van der Waals surface area contributed by atoms with Crippen LogP contribution < -0.4 is 5.32 Å². The Morgan fingerprint density at radius 3 is 2.76 bits per heavy atom. The molecule has 1 N–H and O–H groups in total. The molecule has 1 heterocycles. The minimum Gasteiger partial charge on any atom is -0.464 e. The highest BCUT2D eigenvalue weighted by Crippen LogP contribution is 2.23. The van der Waals surface area contributed by atoms with E-state index in [1.54, 1.807) is 13.1 Å². The fraction of sp³-hybridized carbons (Fsp3) is 0.214. The molecule has 0 saturated carbocycles. The van der Waals surface area contributed by atoms with Crippen LogP contribution in [0.5, 0.6) is 0 Å². The molecule has 0 aliphatic rings. The number of halogens is 1. The molecular weight excluding hydrogens is 338 g/mol. The standard InChI is InChI=1S/C14H14BrN3O3/c1-8-9(15)5-4-6-10(8)17-13(19)12-16-11(7-18(12)2)14(20)21-3/h4-7H,1-3H3,(H,17,19). The molecule has 7 heteroatoms. The molecule has 21 heavy (non-hydrogen) atoms. The van der Waals surface area contributed by atoms with Gasteiger partial charge in [-0.15, -0.1) is 0 Å². The Kier molecular flexibility index (Phi) is 4.42. The lowest BCUT2D eigenvalue weighted by Crippen LogP contribution is -2.17. The van der Waals surface area contributed by atoms with Crippen LogP contribution in [0.4, 0.5) is 5.69 Å². The second kappa shape index (κ2) is 6.09. The fourth-order valence-electron chi connectivity index (χ4n) is 1.80. The van der Waals surface area contributed by atoms with Gasteiger partial charge in [0, 0.05) is 23.4 Å². The van der Waals surface area contributed by atoms with Crippen LogP contribution in [0.15, 0.2) is 28.9 Å². The summed E-state index contributed by atoms with van der Waals surface area (Å²) in [5, 5.41) is 2.77. The SMILES string of the molecule is COC(=O)c1cn(C)c(C(=O)Nc2cccc(Br)c2C)n1. The minimum atomic E-state index is -0.580. The van der Waals surface area contributed by atoms with Gasteiger partial charge in [-0.25, -0.2) is 9.78 Å². The van der Waals surface area contributed by atoms with Crippen molar-refractivity contribution in [1.82, 2.24) is 9.55 Å². The third kappa shape index (κ3) is 3.13. The van der Waals surface area contributed by atoms with E-state index in [0.29, 0.717) is 5.69 Å². The van der Waals surface area contributed by atoms with E-state index in [1.807, 2.05) is 19.1 Å². The zero-order valence-electron chi connectivity index (χ0n) is 11.8. The third-order valence-electron chi connectivity index (χ3n) is 2.99. The number of amides is 1. The number of imidazole rings is 1. The number of aryl methyl sites for hydroxylation is 1. The van der Waals surface area contributed by atoms with Gasteiger partial charge in [0.25, 0.3) is 5.91 Å². The predicted octanol–water partition coefficient (Wildman–Crippen LogP) is 2.53. The summed E-state index contributed by atoms with van der Waals surface area (Å²) < 4.78 is 6.96. The van der Waals surface area contributed by atoms with Gasteiger partial charge >= 0.3 is 5.97 Å². The Labute approximate surface area is 130 Å². The van der Waals surface area contributed by atoms with Gasteiger partial charge in [-0.1, -0.05) is 22.0 Å². The van der Waals surface area contributed by atoms with Crippen LogP contribution in [0.2, 0.25) is 0 Å². The average molecular weight is 352 g/mol. The first kappa shape index (κ1) is 15.2. The summed E-state index contributed by atoms with van der Waals surface area (Å²) in [6.07, 6.45) is 1.45. The molecule has 1 aromatic carbocycles. The van der Waals surface area contributed by atoms with E-state index in [-0.39, 0.29) is 11.5 Å². The maximum absolute atomic E-state index is 12.3. The first-order valence-electron chi connectivity index (χ1n) is 6.12. The molecule has 2 aromatic rings.